The number of rotatable bonds is 3. The minimum Gasteiger partial charge on any atom is -0.295 e. The van der Waals surface area contributed by atoms with E-state index in [9.17, 15) is 13.2 Å². The van der Waals surface area contributed by atoms with Crippen LogP contribution in [0.1, 0.15) is 10.4 Å². The Morgan fingerprint density at radius 3 is 2.14 bits per heavy atom. The molecule has 0 unspecified atom stereocenters. The Balaban J connectivity index is 3.07. The van der Waals surface area contributed by atoms with E-state index in [1.807, 2.05) is 0 Å². The first-order valence-corrected chi connectivity index (χ1v) is 5.87. The fourth-order valence-corrected chi connectivity index (χ4v) is 1.64. The molecule has 0 aliphatic carbocycles. The fourth-order valence-electron chi connectivity index (χ4n) is 1.01. The Kier molecular flexibility index (Phi) is 3.11. The molecule has 0 atom stereocenters. The van der Waals surface area contributed by atoms with Gasteiger partial charge < -0.3 is 0 Å². The Labute approximate surface area is 84.5 Å². The number of Topliss-reactive ketones (excluding diaryl/α,β-unsaturated/α-hetero) is 1. The second kappa shape index (κ2) is 3.96. The summed E-state index contributed by atoms with van der Waals surface area (Å²) in [5.74, 6) is -0.204. The standard InChI is InChI=1S/C9H9BO3S/c1-14(12,13)8-4-2-7(3-5-8)9(11)6-10/h2-5H,6H2,1H3. The van der Waals surface area contributed by atoms with Crippen molar-refractivity contribution in [1.29, 1.82) is 0 Å². The van der Waals surface area contributed by atoms with Crippen molar-refractivity contribution in [3.8, 4) is 0 Å². The Morgan fingerprint density at radius 2 is 1.79 bits per heavy atom. The van der Waals surface area contributed by atoms with Crippen molar-refractivity contribution in [2.75, 3.05) is 6.26 Å². The molecule has 5 heteroatoms. The minimum atomic E-state index is -3.19. The lowest BCUT2D eigenvalue weighted by molar-refractivity contribution is 0.101. The zero-order valence-corrected chi connectivity index (χ0v) is 8.54. The molecular weight excluding hydrogens is 199 g/mol. The van der Waals surface area contributed by atoms with Crippen LogP contribution < -0.4 is 0 Å². The summed E-state index contributed by atoms with van der Waals surface area (Å²) in [4.78, 5) is 11.3. The molecule has 0 heterocycles. The molecule has 0 aromatic heterocycles. The maximum absolute atomic E-state index is 11.1. The van der Waals surface area contributed by atoms with Crippen LogP contribution in [0.25, 0.3) is 0 Å². The highest BCUT2D eigenvalue weighted by Crippen LogP contribution is 2.11. The van der Waals surface area contributed by atoms with Crippen LogP contribution in [0.15, 0.2) is 29.2 Å². The van der Waals surface area contributed by atoms with Crippen molar-refractivity contribution >= 4 is 23.5 Å². The Morgan fingerprint density at radius 1 is 1.29 bits per heavy atom. The number of carbonyl (C=O) groups is 1. The number of sulfone groups is 1. The smallest absolute Gasteiger partial charge is 0.175 e. The third-order valence-electron chi connectivity index (χ3n) is 1.79. The van der Waals surface area contributed by atoms with Gasteiger partial charge in [-0.05, 0) is 18.5 Å². The van der Waals surface area contributed by atoms with E-state index in [1.54, 1.807) is 0 Å². The zero-order chi connectivity index (χ0) is 10.8. The van der Waals surface area contributed by atoms with E-state index in [0.717, 1.165) is 6.26 Å². The molecule has 1 rings (SSSR count). The summed E-state index contributed by atoms with van der Waals surface area (Å²) in [7, 11) is 1.97. The van der Waals surface area contributed by atoms with Crippen molar-refractivity contribution in [3.05, 3.63) is 29.8 Å². The van der Waals surface area contributed by atoms with Crippen LogP contribution in [0.2, 0.25) is 6.32 Å². The van der Waals surface area contributed by atoms with E-state index < -0.39 is 9.84 Å². The molecule has 72 valence electrons. The van der Waals surface area contributed by atoms with Gasteiger partial charge in [-0.1, -0.05) is 12.1 Å². The summed E-state index contributed by atoms with van der Waals surface area (Å²) < 4.78 is 22.1. The number of ketones is 1. The first kappa shape index (κ1) is 11.0. The van der Waals surface area contributed by atoms with Crippen molar-refractivity contribution in [3.63, 3.8) is 0 Å². The largest absolute Gasteiger partial charge is 0.295 e. The average molecular weight is 208 g/mol. The molecule has 1 aromatic carbocycles. The molecule has 0 saturated heterocycles. The number of hydrogen-bond acceptors (Lipinski definition) is 3. The summed E-state index contributed by atoms with van der Waals surface area (Å²) in [5.41, 5.74) is 0.430. The van der Waals surface area contributed by atoms with Crippen molar-refractivity contribution in [2.45, 2.75) is 11.2 Å². The minimum absolute atomic E-state index is 0.0712. The summed E-state index contributed by atoms with van der Waals surface area (Å²) >= 11 is 0. The van der Waals surface area contributed by atoms with E-state index in [0.29, 0.717) is 5.56 Å². The van der Waals surface area contributed by atoms with Gasteiger partial charge in [0.1, 0.15) is 0 Å². The lowest BCUT2D eigenvalue weighted by Crippen LogP contribution is -2.00. The predicted molar refractivity (Wildman–Crippen MR) is 54.4 cm³/mol. The quantitative estimate of drug-likeness (QED) is 0.546. The van der Waals surface area contributed by atoms with Gasteiger partial charge in [0, 0.05) is 11.8 Å². The number of hydrogen-bond donors (Lipinski definition) is 0. The van der Waals surface area contributed by atoms with Crippen LogP contribution in [0.5, 0.6) is 0 Å². The predicted octanol–water partition coefficient (Wildman–Crippen LogP) is 0.860. The highest BCUT2D eigenvalue weighted by atomic mass is 32.2. The molecular formula is C9H9BO3S. The SMILES string of the molecule is [B]CC(=O)c1ccc(S(C)(=O)=O)cc1. The van der Waals surface area contributed by atoms with Gasteiger partial charge in [-0.3, -0.25) is 4.79 Å². The molecule has 0 saturated carbocycles. The van der Waals surface area contributed by atoms with E-state index in [2.05, 4.69) is 0 Å². The highest BCUT2D eigenvalue weighted by molar-refractivity contribution is 7.90. The van der Waals surface area contributed by atoms with Crippen molar-refractivity contribution in [1.82, 2.24) is 0 Å². The Hall–Kier alpha value is -1.10. The summed E-state index contributed by atoms with van der Waals surface area (Å²) in [6.07, 6.45) is 1.05. The average Bonchev–Trinajstić information content (AvgIpc) is 2.15. The van der Waals surface area contributed by atoms with Gasteiger partial charge in [-0.25, -0.2) is 8.42 Å². The van der Waals surface area contributed by atoms with Gasteiger partial charge in [0.05, 0.1) is 12.7 Å². The topological polar surface area (TPSA) is 51.2 Å². The second-order valence-corrected chi connectivity index (χ2v) is 4.94. The van der Waals surface area contributed by atoms with E-state index in [4.69, 9.17) is 7.85 Å². The van der Waals surface area contributed by atoms with Gasteiger partial charge in [-0.15, -0.1) is 0 Å². The van der Waals surface area contributed by atoms with Gasteiger partial charge in [-0.2, -0.15) is 0 Å². The molecule has 3 nitrogen and oxygen atoms in total. The molecule has 2 radical (unpaired) electrons. The summed E-state index contributed by atoms with van der Waals surface area (Å²) in [6.45, 7) is 0. The first-order chi connectivity index (χ1) is 6.45. The summed E-state index contributed by atoms with van der Waals surface area (Å²) in [5, 5.41) is 0. The lowest BCUT2D eigenvalue weighted by Gasteiger charge is -2.00. The molecule has 0 N–H and O–H groups in total. The second-order valence-electron chi connectivity index (χ2n) is 2.92. The third-order valence-corrected chi connectivity index (χ3v) is 2.92. The maximum Gasteiger partial charge on any atom is 0.175 e. The summed E-state index contributed by atoms with van der Waals surface area (Å²) in [6, 6.07) is 5.73. The molecule has 14 heavy (non-hydrogen) atoms. The van der Waals surface area contributed by atoms with Gasteiger partial charge in [0.2, 0.25) is 0 Å². The normalized spacial score (nSPS) is 11.2. The van der Waals surface area contributed by atoms with Crippen molar-refractivity contribution < 1.29 is 13.2 Å². The monoisotopic (exact) mass is 208 g/mol. The van der Waals surface area contributed by atoms with E-state index in [-0.39, 0.29) is 17.0 Å². The zero-order valence-electron chi connectivity index (χ0n) is 7.73. The van der Waals surface area contributed by atoms with Crippen LogP contribution >= 0.6 is 0 Å². The first-order valence-electron chi connectivity index (χ1n) is 3.98. The Bertz CT molecular complexity index is 434. The van der Waals surface area contributed by atoms with Crippen LogP contribution in [0.4, 0.5) is 0 Å². The number of carbonyl (C=O) groups excluding carboxylic acids is 1. The van der Waals surface area contributed by atoms with Crippen LogP contribution in [0.3, 0.4) is 0 Å². The van der Waals surface area contributed by atoms with Gasteiger partial charge in [0.15, 0.2) is 15.6 Å². The van der Waals surface area contributed by atoms with Crippen molar-refractivity contribution in [2.24, 2.45) is 0 Å². The molecule has 0 amide bonds. The van der Waals surface area contributed by atoms with E-state index >= 15 is 0 Å². The number of benzene rings is 1. The van der Waals surface area contributed by atoms with Crippen LogP contribution in [-0.4, -0.2) is 28.3 Å². The van der Waals surface area contributed by atoms with Gasteiger partial charge >= 0.3 is 0 Å². The molecule has 0 fully saturated rings. The molecule has 1 aromatic rings. The molecule has 0 aliphatic rings. The molecule has 0 spiro atoms. The van der Waals surface area contributed by atoms with E-state index in [1.165, 1.54) is 24.3 Å². The lowest BCUT2D eigenvalue weighted by atomic mass is 9.96. The fraction of sp³-hybridized carbons (Fsp3) is 0.222. The van der Waals surface area contributed by atoms with Crippen LogP contribution in [0, 0.1) is 0 Å². The third kappa shape index (κ3) is 2.45. The molecule has 0 aliphatic heterocycles. The van der Waals surface area contributed by atoms with Gasteiger partial charge in [0.25, 0.3) is 0 Å². The maximum atomic E-state index is 11.1. The van der Waals surface area contributed by atoms with Crippen LogP contribution in [-0.2, 0) is 9.84 Å². The highest BCUT2D eigenvalue weighted by Gasteiger charge is 2.08. The molecule has 0 bridgehead atoms.